The molecule has 1 heterocycles. The van der Waals surface area contributed by atoms with E-state index >= 15 is 0 Å². The van der Waals surface area contributed by atoms with Crippen molar-refractivity contribution in [3.63, 3.8) is 0 Å². The topological polar surface area (TPSA) is 34.2 Å². The quantitative estimate of drug-likeness (QED) is 0.820. The Morgan fingerprint density at radius 1 is 1.19 bits per heavy atom. The minimum Gasteiger partial charge on any atom is -0.472 e. The van der Waals surface area contributed by atoms with E-state index in [0.717, 1.165) is 12.1 Å². The largest absolute Gasteiger partial charge is 0.472 e. The maximum absolute atomic E-state index is 6.07. The van der Waals surface area contributed by atoms with E-state index in [0.29, 0.717) is 28.3 Å². The summed E-state index contributed by atoms with van der Waals surface area (Å²) in [7, 11) is 0. The average molecular weight is 323 g/mol. The number of anilines is 1. The summed E-state index contributed by atoms with van der Waals surface area (Å²) in [5.41, 5.74) is 1.12. The molecular formula is C16H16Cl2N2O. The van der Waals surface area contributed by atoms with Gasteiger partial charge in [-0.3, -0.25) is 0 Å². The SMILES string of the molecule is CCNc1nc(OC/C=C/c2ccccc2)c(Cl)cc1Cl. The zero-order chi connectivity index (χ0) is 15.1. The fourth-order valence-electron chi connectivity index (χ4n) is 1.72. The third-order valence-electron chi connectivity index (χ3n) is 2.67. The Labute approximate surface area is 134 Å². The fourth-order valence-corrected chi connectivity index (χ4v) is 2.20. The van der Waals surface area contributed by atoms with Gasteiger partial charge in [-0.25, -0.2) is 0 Å². The summed E-state index contributed by atoms with van der Waals surface area (Å²) in [5, 5.41) is 3.94. The number of hydrogen-bond donors (Lipinski definition) is 1. The predicted molar refractivity (Wildman–Crippen MR) is 89.4 cm³/mol. The number of ether oxygens (including phenoxy) is 1. The van der Waals surface area contributed by atoms with Crippen LogP contribution < -0.4 is 10.1 Å². The van der Waals surface area contributed by atoms with Crippen molar-refractivity contribution in [3.8, 4) is 5.88 Å². The lowest BCUT2D eigenvalue weighted by molar-refractivity contribution is 0.350. The third-order valence-corrected chi connectivity index (χ3v) is 3.23. The fraction of sp³-hybridized carbons (Fsp3) is 0.188. The molecule has 0 fully saturated rings. The highest BCUT2D eigenvalue weighted by Crippen LogP contribution is 2.30. The van der Waals surface area contributed by atoms with Crippen LogP contribution in [0.3, 0.4) is 0 Å². The number of rotatable bonds is 6. The molecule has 0 aliphatic heterocycles. The van der Waals surface area contributed by atoms with Crippen molar-refractivity contribution < 1.29 is 4.74 Å². The summed E-state index contributed by atoms with van der Waals surface area (Å²) in [6, 6.07) is 11.6. The van der Waals surface area contributed by atoms with Crippen LogP contribution in [0.15, 0.2) is 42.5 Å². The van der Waals surface area contributed by atoms with E-state index in [1.165, 1.54) is 0 Å². The number of halogens is 2. The Balaban J connectivity index is 1.99. The molecule has 21 heavy (non-hydrogen) atoms. The van der Waals surface area contributed by atoms with Gasteiger partial charge in [0, 0.05) is 6.54 Å². The first-order valence-electron chi connectivity index (χ1n) is 6.65. The minimum atomic E-state index is 0.370. The lowest BCUT2D eigenvalue weighted by Gasteiger charge is -2.09. The first kappa shape index (κ1) is 15.7. The molecule has 0 atom stereocenters. The van der Waals surface area contributed by atoms with Crippen molar-refractivity contribution in [1.29, 1.82) is 0 Å². The summed E-state index contributed by atoms with van der Waals surface area (Å²) in [4.78, 5) is 4.28. The first-order chi connectivity index (χ1) is 10.2. The van der Waals surface area contributed by atoms with E-state index in [-0.39, 0.29) is 0 Å². The third kappa shape index (κ3) is 4.66. The van der Waals surface area contributed by atoms with Crippen molar-refractivity contribution in [2.45, 2.75) is 6.92 Å². The number of benzene rings is 1. The van der Waals surface area contributed by atoms with E-state index in [2.05, 4.69) is 10.3 Å². The molecule has 5 heteroatoms. The molecule has 0 unspecified atom stereocenters. The highest BCUT2D eigenvalue weighted by Gasteiger charge is 2.09. The second-order valence-corrected chi connectivity index (χ2v) is 5.07. The molecule has 1 N–H and O–H groups in total. The molecule has 0 aliphatic carbocycles. The number of aromatic nitrogens is 1. The highest BCUT2D eigenvalue weighted by atomic mass is 35.5. The summed E-state index contributed by atoms with van der Waals surface area (Å²) in [5.74, 6) is 0.945. The first-order valence-corrected chi connectivity index (χ1v) is 7.40. The van der Waals surface area contributed by atoms with E-state index in [1.807, 2.05) is 49.4 Å². The van der Waals surface area contributed by atoms with Crippen LogP contribution in [-0.4, -0.2) is 18.1 Å². The molecule has 3 nitrogen and oxygen atoms in total. The van der Waals surface area contributed by atoms with Gasteiger partial charge in [0.2, 0.25) is 5.88 Å². The lowest BCUT2D eigenvalue weighted by atomic mass is 10.2. The monoisotopic (exact) mass is 322 g/mol. The van der Waals surface area contributed by atoms with Gasteiger partial charge in [-0.2, -0.15) is 4.98 Å². The van der Waals surface area contributed by atoms with Gasteiger partial charge in [-0.1, -0.05) is 59.6 Å². The standard InChI is InChI=1S/C16H16Cl2N2O/c1-2-19-15-13(17)11-14(18)16(20-15)21-10-6-9-12-7-4-3-5-8-12/h3-9,11H,2,10H2,1H3,(H,19,20)/b9-6+. The summed E-state index contributed by atoms with van der Waals surface area (Å²) in [6.07, 6.45) is 3.89. The van der Waals surface area contributed by atoms with Gasteiger partial charge in [-0.15, -0.1) is 0 Å². The molecule has 0 spiro atoms. The number of hydrogen-bond acceptors (Lipinski definition) is 3. The van der Waals surface area contributed by atoms with Gasteiger partial charge in [0.1, 0.15) is 17.4 Å². The molecule has 0 radical (unpaired) electrons. The second kappa shape index (κ2) is 7.91. The molecule has 1 aromatic heterocycles. The Morgan fingerprint density at radius 3 is 2.67 bits per heavy atom. The van der Waals surface area contributed by atoms with Gasteiger partial charge in [-0.05, 0) is 24.6 Å². The molecule has 1 aromatic carbocycles. The van der Waals surface area contributed by atoms with Crippen LogP contribution in [0.4, 0.5) is 5.82 Å². The van der Waals surface area contributed by atoms with Gasteiger partial charge in [0.25, 0.3) is 0 Å². The zero-order valence-electron chi connectivity index (χ0n) is 11.6. The van der Waals surface area contributed by atoms with Crippen molar-refractivity contribution in [3.05, 3.63) is 58.1 Å². The van der Waals surface area contributed by atoms with Gasteiger partial charge >= 0.3 is 0 Å². The lowest BCUT2D eigenvalue weighted by Crippen LogP contribution is -2.03. The smallest absolute Gasteiger partial charge is 0.234 e. The van der Waals surface area contributed by atoms with Gasteiger partial charge in [0.15, 0.2) is 0 Å². The van der Waals surface area contributed by atoms with Crippen LogP contribution in [0.5, 0.6) is 5.88 Å². The van der Waals surface area contributed by atoms with Crippen LogP contribution >= 0.6 is 23.2 Å². The molecular weight excluding hydrogens is 307 g/mol. The molecule has 0 saturated heterocycles. The van der Waals surface area contributed by atoms with Gasteiger partial charge < -0.3 is 10.1 Å². The zero-order valence-corrected chi connectivity index (χ0v) is 13.2. The average Bonchev–Trinajstić information content (AvgIpc) is 2.49. The maximum atomic E-state index is 6.07. The van der Waals surface area contributed by atoms with E-state index < -0.39 is 0 Å². The normalized spacial score (nSPS) is 10.8. The van der Waals surface area contributed by atoms with Crippen LogP contribution in [0.1, 0.15) is 12.5 Å². The van der Waals surface area contributed by atoms with E-state index in [9.17, 15) is 0 Å². The Hall–Kier alpha value is -1.71. The van der Waals surface area contributed by atoms with Crippen LogP contribution in [-0.2, 0) is 0 Å². The highest BCUT2D eigenvalue weighted by molar-refractivity contribution is 6.36. The Kier molecular flexibility index (Phi) is 5.90. The molecule has 0 aliphatic rings. The number of nitrogens with one attached hydrogen (secondary N) is 1. The van der Waals surface area contributed by atoms with E-state index in [4.69, 9.17) is 27.9 Å². The van der Waals surface area contributed by atoms with Crippen LogP contribution in [0.2, 0.25) is 10.0 Å². The molecule has 0 bridgehead atoms. The van der Waals surface area contributed by atoms with E-state index in [1.54, 1.807) is 6.07 Å². The Bertz CT molecular complexity index is 615. The van der Waals surface area contributed by atoms with Crippen molar-refractivity contribution in [1.82, 2.24) is 4.98 Å². The van der Waals surface area contributed by atoms with Crippen molar-refractivity contribution in [2.24, 2.45) is 0 Å². The van der Waals surface area contributed by atoms with Crippen molar-refractivity contribution in [2.75, 3.05) is 18.5 Å². The number of nitrogens with zero attached hydrogens (tertiary/aromatic N) is 1. The molecule has 2 rings (SSSR count). The molecule has 0 amide bonds. The van der Waals surface area contributed by atoms with Crippen LogP contribution in [0.25, 0.3) is 6.08 Å². The summed E-state index contributed by atoms with van der Waals surface area (Å²) < 4.78 is 5.57. The molecule has 110 valence electrons. The summed E-state index contributed by atoms with van der Waals surface area (Å²) >= 11 is 12.1. The maximum Gasteiger partial charge on any atom is 0.234 e. The second-order valence-electron chi connectivity index (χ2n) is 4.26. The predicted octanol–water partition coefficient (Wildman–Crippen LogP) is 4.91. The molecule has 0 saturated carbocycles. The number of pyridine rings is 1. The molecule has 2 aromatic rings. The summed E-state index contributed by atoms with van der Waals surface area (Å²) in [6.45, 7) is 3.08. The van der Waals surface area contributed by atoms with Gasteiger partial charge in [0.05, 0.1) is 5.02 Å². The van der Waals surface area contributed by atoms with Crippen LogP contribution in [0, 0.1) is 0 Å². The van der Waals surface area contributed by atoms with Crippen molar-refractivity contribution >= 4 is 35.1 Å². The minimum absolute atomic E-state index is 0.370. The Morgan fingerprint density at radius 2 is 1.95 bits per heavy atom.